The number of aryl methyl sites for hydroxylation is 1. The van der Waals surface area contributed by atoms with Crippen LogP contribution in [0.25, 0.3) is 10.9 Å². The molecule has 0 saturated heterocycles. The number of nitrogens with one attached hydrogen (secondary N) is 2. The highest BCUT2D eigenvalue weighted by Crippen LogP contribution is 2.21. The number of rotatable bonds is 2. The zero-order valence-electron chi connectivity index (χ0n) is 8.56. The van der Waals surface area contributed by atoms with Crippen molar-refractivity contribution in [3.05, 3.63) is 23.9 Å². The number of carbonyl (C=O) groups excluding carboxylic acids is 1. The van der Waals surface area contributed by atoms with Crippen molar-refractivity contribution in [3.8, 4) is 0 Å². The predicted octanol–water partition coefficient (Wildman–Crippen LogP) is 1.27. The summed E-state index contributed by atoms with van der Waals surface area (Å²) in [6.45, 7) is 1.87. The molecule has 2 aromatic rings. The third-order valence-electron chi connectivity index (χ3n) is 2.22. The number of oxime groups is 1. The average Bonchev–Trinajstić information content (AvgIpc) is 2.65. The molecule has 0 spiro atoms. The lowest BCUT2D eigenvalue weighted by Gasteiger charge is -2.05. The van der Waals surface area contributed by atoms with E-state index < -0.39 is 5.91 Å². The molecule has 2 rings (SSSR count). The highest BCUT2D eigenvalue weighted by atomic mass is 16.4. The van der Waals surface area contributed by atoms with Gasteiger partial charge in [0.2, 0.25) is 0 Å². The first-order valence-corrected chi connectivity index (χ1v) is 4.63. The Bertz CT molecular complexity index is 559. The molecular weight excluding hydrogens is 208 g/mol. The van der Waals surface area contributed by atoms with Crippen molar-refractivity contribution < 1.29 is 10.0 Å². The number of benzene rings is 1. The zero-order valence-corrected chi connectivity index (χ0v) is 8.56. The normalized spacial score (nSPS) is 11.1. The zero-order chi connectivity index (χ0) is 11.5. The first-order chi connectivity index (χ1) is 7.70. The number of hydrogen-bond donors (Lipinski definition) is 3. The molecular formula is C10H10N4O2. The Morgan fingerprint density at radius 2 is 2.44 bits per heavy atom. The van der Waals surface area contributed by atoms with Crippen molar-refractivity contribution in [2.75, 3.05) is 5.32 Å². The Kier molecular flexibility index (Phi) is 2.55. The van der Waals surface area contributed by atoms with Crippen LogP contribution in [-0.2, 0) is 4.79 Å². The van der Waals surface area contributed by atoms with Crippen LogP contribution in [0.3, 0.4) is 0 Å². The summed E-state index contributed by atoms with van der Waals surface area (Å²) in [5.41, 5.74) is 2.40. The van der Waals surface area contributed by atoms with Crippen LogP contribution in [0.4, 0.5) is 5.69 Å². The van der Waals surface area contributed by atoms with E-state index in [4.69, 9.17) is 5.21 Å². The molecule has 1 heterocycles. The van der Waals surface area contributed by atoms with Gasteiger partial charge in [0.05, 0.1) is 11.7 Å². The van der Waals surface area contributed by atoms with Gasteiger partial charge in [-0.05, 0) is 24.6 Å². The minimum absolute atomic E-state index is 0.482. The summed E-state index contributed by atoms with van der Waals surface area (Å²) in [6.07, 6.45) is 2.51. The minimum Gasteiger partial charge on any atom is -0.411 e. The van der Waals surface area contributed by atoms with Crippen LogP contribution in [0.5, 0.6) is 0 Å². The van der Waals surface area contributed by atoms with E-state index in [2.05, 4.69) is 20.7 Å². The molecule has 0 radical (unpaired) electrons. The monoisotopic (exact) mass is 218 g/mol. The van der Waals surface area contributed by atoms with Crippen LogP contribution in [0.2, 0.25) is 0 Å². The minimum atomic E-state index is -0.482. The first kappa shape index (κ1) is 10.2. The molecule has 6 heteroatoms. The van der Waals surface area contributed by atoms with Gasteiger partial charge in [-0.2, -0.15) is 5.10 Å². The van der Waals surface area contributed by atoms with Crippen LogP contribution >= 0.6 is 0 Å². The van der Waals surface area contributed by atoms with Crippen molar-refractivity contribution in [1.82, 2.24) is 10.2 Å². The fraction of sp³-hybridized carbons (Fsp3) is 0.100. The highest BCUT2D eigenvalue weighted by molar-refractivity contribution is 6.31. The number of hydrogen-bond acceptors (Lipinski definition) is 4. The van der Waals surface area contributed by atoms with Crippen LogP contribution in [0, 0.1) is 6.92 Å². The summed E-state index contributed by atoms with van der Waals surface area (Å²) in [5, 5.41) is 21.1. The van der Waals surface area contributed by atoms with Gasteiger partial charge >= 0.3 is 0 Å². The van der Waals surface area contributed by atoms with Gasteiger partial charge < -0.3 is 10.5 Å². The number of nitrogens with zero attached hydrogens (tertiary/aromatic N) is 2. The molecule has 1 amide bonds. The Hall–Kier alpha value is -2.37. The van der Waals surface area contributed by atoms with Crippen molar-refractivity contribution in [2.45, 2.75) is 6.92 Å². The second kappa shape index (κ2) is 4.01. The maximum absolute atomic E-state index is 11.2. The molecule has 0 bridgehead atoms. The number of fused-ring (bicyclic) bond motifs is 1. The van der Waals surface area contributed by atoms with Crippen molar-refractivity contribution in [2.24, 2.45) is 5.16 Å². The standard InChI is InChI=1S/C10H10N4O2/c1-6-2-7-4-11-14-9(7)3-8(6)13-10(15)5-12-16/h2-5,16H,1H3,(H,11,14)(H,13,15)/b12-5-. The number of H-pyrrole nitrogens is 1. The topological polar surface area (TPSA) is 90.4 Å². The lowest BCUT2D eigenvalue weighted by Crippen LogP contribution is -2.13. The summed E-state index contributed by atoms with van der Waals surface area (Å²) in [4.78, 5) is 11.2. The second-order valence-corrected chi connectivity index (χ2v) is 3.36. The van der Waals surface area contributed by atoms with E-state index in [-0.39, 0.29) is 0 Å². The van der Waals surface area contributed by atoms with Crippen LogP contribution in [-0.4, -0.2) is 27.5 Å². The molecule has 0 aliphatic rings. The molecule has 1 aromatic heterocycles. The smallest absolute Gasteiger partial charge is 0.270 e. The molecule has 0 saturated carbocycles. The van der Waals surface area contributed by atoms with E-state index >= 15 is 0 Å². The predicted molar refractivity (Wildman–Crippen MR) is 59.7 cm³/mol. The van der Waals surface area contributed by atoms with E-state index in [0.717, 1.165) is 22.7 Å². The number of carbonyl (C=O) groups is 1. The van der Waals surface area contributed by atoms with Gasteiger partial charge in [-0.3, -0.25) is 9.89 Å². The summed E-state index contributed by atoms with van der Waals surface area (Å²) in [7, 11) is 0. The van der Waals surface area contributed by atoms with Gasteiger partial charge in [-0.25, -0.2) is 0 Å². The molecule has 0 aliphatic carbocycles. The SMILES string of the molecule is Cc1cc2cn[nH]c2cc1NC(=O)/C=N\O. The lowest BCUT2D eigenvalue weighted by molar-refractivity contribution is -0.110. The van der Waals surface area contributed by atoms with Gasteiger partial charge in [0, 0.05) is 11.1 Å². The Morgan fingerprint density at radius 1 is 1.62 bits per heavy atom. The molecule has 0 fully saturated rings. The highest BCUT2D eigenvalue weighted by Gasteiger charge is 2.05. The molecule has 1 aromatic carbocycles. The van der Waals surface area contributed by atoms with E-state index in [9.17, 15) is 4.79 Å². The first-order valence-electron chi connectivity index (χ1n) is 4.63. The fourth-order valence-corrected chi connectivity index (χ4v) is 1.46. The summed E-state index contributed by atoms with van der Waals surface area (Å²) < 4.78 is 0. The van der Waals surface area contributed by atoms with E-state index in [1.165, 1.54) is 0 Å². The number of amides is 1. The van der Waals surface area contributed by atoms with Crippen LogP contribution in [0.1, 0.15) is 5.56 Å². The number of aromatic nitrogens is 2. The van der Waals surface area contributed by atoms with Gasteiger partial charge in [-0.1, -0.05) is 5.16 Å². The molecule has 82 valence electrons. The molecule has 0 unspecified atom stereocenters. The third-order valence-corrected chi connectivity index (χ3v) is 2.22. The summed E-state index contributed by atoms with van der Waals surface area (Å²) in [5.74, 6) is -0.482. The maximum atomic E-state index is 11.2. The third kappa shape index (κ3) is 1.85. The molecule has 0 aliphatic heterocycles. The number of aromatic amines is 1. The Balaban J connectivity index is 2.36. The summed E-state index contributed by atoms with van der Waals surface area (Å²) in [6, 6.07) is 3.69. The molecule has 0 atom stereocenters. The van der Waals surface area contributed by atoms with Crippen molar-refractivity contribution >= 4 is 28.7 Å². The van der Waals surface area contributed by atoms with Gasteiger partial charge in [0.1, 0.15) is 6.21 Å². The van der Waals surface area contributed by atoms with Crippen LogP contribution < -0.4 is 5.32 Å². The van der Waals surface area contributed by atoms with Crippen molar-refractivity contribution in [1.29, 1.82) is 0 Å². The second-order valence-electron chi connectivity index (χ2n) is 3.36. The maximum Gasteiger partial charge on any atom is 0.270 e. The van der Waals surface area contributed by atoms with Gasteiger partial charge in [0.25, 0.3) is 5.91 Å². The summed E-state index contributed by atoms with van der Waals surface area (Å²) >= 11 is 0. The van der Waals surface area contributed by atoms with Gasteiger partial charge in [0.15, 0.2) is 0 Å². The Morgan fingerprint density at radius 3 is 3.19 bits per heavy atom. The molecule has 3 N–H and O–H groups in total. The number of anilines is 1. The van der Waals surface area contributed by atoms with Crippen LogP contribution in [0.15, 0.2) is 23.5 Å². The largest absolute Gasteiger partial charge is 0.411 e. The molecule has 16 heavy (non-hydrogen) atoms. The average molecular weight is 218 g/mol. The quantitative estimate of drug-likeness (QED) is 0.402. The van der Waals surface area contributed by atoms with Crippen molar-refractivity contribution in [3.63, 3.8) is 0 Å². The van der Waals surface area contributed by atoms with E-state index in [1.54, 1.807) is 12.3 Å². The van der Waals surface area contributed by atoms with Gasteiger partial charge in [-0.15, -0.1) is 0 Å². The molecule has 6 nitrogen and oxygen atoms in total. The van der Waals surface area contributed by atoms with E-state index in [0.29, 0.717) is 5.69 Å². The fourth-order valence-electron chi connectivity index (χ4n) is 1.46. The van der Waals surface area contributed by atoms with E-state index in [1.807, 2.05) is 13.0 Å². The Labute approximate surface area is 91.0 Å². The lowest BCUT2D eigenvalue weighted by atomic mass is 10.1.